The third-order valence-electron chi connectivity index (χ3n) is 13.7. The van der Waals surface area contributed by atoms with Crippen LogP contribution in [0.15, 0.2) is 176 Å². The van der Waals surface area contributed by atoms with Crippen LogP contribution < -0.4 is 62.7 Å². The van der Waals surface area contributed by atoms with Crippen LogP contribution in [0.2, 0.25) is 0 Å². The first-order valence-electron chi connectivity index (χ1n) is 28.8. The van der Waals surface area contributed by atoms with Crippen LogP contribution in [0.25, 0.3) is 0 Å². The maximum atomic E-state index is 13.5. The van der Waals surface area contributed by atoms with E-state index in [1.807, 2.05) is 152 Å². The molecule has 466 valence electrons. The Labute approximate surface area is 519 Å². The van der Waals surface area contributed by atoms with Crippen molar-refractivity contribution >= 4 is 18.0 Å². The molecule has 0 aliphatic carbocycles. The molecule has 2 atom stereocenters. The van der Waals surface area contributed by atoms with E-state index in [1.165, 1.54) is 14.0 Å². The van der Waals surface area contributed by atoms with Gasteiger partial charge < -0.3 is 72.2 Å². The van der Waals surface area contributed by atoms with Gasteiger partial charge in [-0.05, 0) is 169 Å². The Balaban J connectivity index is 1.03. The second-order valence-electron chi connectivity index (χ2n) is 21.6. The zero-order valence-electron chi connectivity index (χ0n) is 51.6. The van der Waals surface area contributed by atoms with Crippen molar-refractivity contribution in [1.29, 1.82) is 0 Å². The lowest BCUT2D eigenvalue weighted by Gasteiger charge is -2.24. The molecule has 18 heteroatoms. The second-order valence-corrected chi connectivity index (χ2v) is 21.6. The number of ether oxygens (including phenoxy) is 13. The lowest BCUT2D eigenvalue weighted by molar-refractivity contribution is -0.144. The summed E-state index contributed by atoms with van der Waals surface area (Å²) in [4.78, 5) is 38.5. The molecule has 0 fully saturated rings. The van der Waals surface area contributed by atoms with Crippen LogP contribution in [0.4, 0.5) is 4.79 Å². The molecule has 89 heavy (non-hydrogen) atoms. The first-order chi connectivity index (χ1) is 43.0. The molecule has 18 nitrogen and oxygen atoms in total. The van der Waals surface area contributed by atoms with Crippen LogP contribution in [0, 0.1) is 0 Å². The summed E-state index contributed by atoms with van der Waals surface area (Å²) in [6.45, 7) is 8.21. The fourth-order valence-electron chi connectivity index (χ4n) is 8.83. The third kappa shape index (κ3) is 20.4. The normalized spacial score (nSPS) is 11.6. The van der Waals surface area contributed by atoms with E-state index in [0.29, 0.717) is 59.0 Å². The highest BCUT2D eigenvalue weighted by Gasteiger charge is 2.28. The van der Waals surface area contributed by atoms with E-state index in [9.17, 15) is 14.4 Å². The van der Waals surface area contributed by atoms with Gasteiger partial charge in [-0.3, -0.25) is 4.79 Å². The fourth-order valence-corrected chi connectivity index (χ4v) is 8.83. The van der Waals surface area contributed by atoms with Gasteiger partial charge in [-0.1, -0.05) is 72.8 Å². The molecular weight excluding hydrogens is 1140 g/mol. The summed E-state index contributed by atoms with van der Waals surface area (Å²) < 4.78 is 76.8. The molecule has 0 saturated carbocycles. The average molecular weight is 1210 g/mol. The highest BCUT2D eigenvalue weighted by Crippen LogP contribution is 2.34. The number of esters is 1. The summed E-state index contributed by atoms with van der Waals surface area (Å²) in [5.41, 5.74) is 6.03. The van der Waals surface area contributed by atoms with Crippen molar-refractivity contribution in [3.05, 3.63) is 220 Å². The van der Waals surface area contributed by atoms with E-state index < -0.39 is 35.7 Å². The quantitative estimate of drug-likeness (QED) is 0.0389. The van der Waals surface area contributed by atoms with E-state index >= 15 is 0 Å². The Kier molecular flexibility index (Phi) is 23.3. The van der Waals surface area contributed by atoms with Gasteiger partial charge in [0, 0.05) is 12.5 Å². The molecule has 0 aliphatic heterocycles. The zero-order chi connectivity index (χ0) is 63.1. The number of nitrogens with one attached hydrogen (secondary N) is 2. The van der Waals surface area contributed by atoms with E-state index in [4.69, 9.17) is 61.6 Å². The molecule has 2 N–H and O–H groups in total. The Morgan fingerprint density at radius 2 is 0.697 bits per heavy atom. The topological polar surface area (TPSA) is 195 Å². The molecule has 8 aromatic rings. The Morgan fingerprint density at radius 3 is 1.08 bits per heavy atom. The minimum Gasteiger partial charge on any atom is -0.497 e. The van der Waals surface area contributed by atoms with Gasteiger partial charge in [0.1, 0.15) is 104 Å². The van der Waals surface area contributed by atoms with Crippen LogP contribution in [0.3, 0.4) is 0 Å². The molecule has 0 radical (unpaired) electrons. The van der Waals surface area contributed by atoms with Gasteiger partial charge in [0.25, 0.3) is 0 Å². The number of methoxy groups -OCH3 is 5. The van der Waals surface area contributed by atoms with Crippen molar-refractivity contribution in [3.8, 4) is 63.2 Å². The Morgan fingerprint density at radius 1 is 0.360 bits per heavy atom. The van der Waals surface area contributed by atoms with Crippen molar-refractivity contribution in [3.63, 3.8) is 0 Å². The highest BCUT2D eigenvalue weighted by atomic mass is 16.6. The predicted molar refractivity (Wildman–Crippen MR) is 335 cm³/mol. The summed E-state index contributed by atoms with van der Waals surface area (Å²) >= 11 is 0. The molecular formula is C71H76N2O16. The number of hydrogen-bond donors (Lipinski definition) is 2. The number of rotatable bonds is 31. The number of amides is 2. The summed E-state index contributed by atoms with van der Waals surface area (Å²) in [7, 11) is 7.74. The molecule has 8 aromatic carbocycles. The Hall–Kier alpha value is -10.2. The van der Waals surface area contributed by atoms with E-state index in [0.717, 1.165) is 61.9 Å². The molecule has 0 aromatic heterocycles. The molecule has 0 saturated heterocycles. The number of hydrogen-bond acceptors (Lipinski definition) is 16. The smallest absolute Gasteiger partial charge is 0.408 e. The van der Waals surface area contributed by atoms with Crippen molar-refractivity contribution in [2.24, 2.45) is 0 Å². The fraction of sp³-hybridized carbons (Fsp3) is 0.282. The standard InChI is InChI=1S/C71H76N2O16/c1-47(69(75)81-9)72-68(74)63(73-70(76)89-71(2,3)4)36-48-10-30-60(31-11-48)82-46-55-34-61(83-44-53-20-32-64(85-40-49-12-22-56(77-5)23-13-49)66(37-53)87-42-51-16-26-58(79-7)27-17-51)39-62(35-55)84-45-54-21-33-65(86-41-50-14-24-57(78-6)25-15-50)67(38-54)88-43-52-18-28-59(80-8)29-19-52/h10-35,37-39,47,63H,36,40-46H2,1-9H3,(H,72,74)(H,73,76). The summed E-state index contributed by atoms with van der Waals surface area (Å²) in [6, 6.07) is 52.8. The van der Waals surface area contributed by atoms with Crippen LogP contribution >= 0.6 is 0 Å². The van der Waals surface area contributed by atoms with E-state index in [1.54, 1.807) is 73.5 Å². The number of alkyl carbamates (subject to hydrolysis) is 1. The zero-order valence-corrected chi connectivity index (χ0v) is 51.6. The summed E-state index contributed by atoms with van der Waals surface area (Å²) in [5, 5.41) is 5.26. The lowest BCUT2D eigenvalue weighted by Crippen LogP contribution is -2.52. The Bertz CT molecular complexity index is 3380. The van der Waals surface area contributed by atoms with Crippen LogP contribution in [0.5, 0.6) is 63.2 Å². The summed E-state index contributed by atoms with van der Waals surface area (Å²) in [5.74, 6) is 5.47. The van der Waals surface area contributed by atoms with Gasteiger partial charge in [0.2, 0.25) is 5.91 Å². The van der Waals surface area contributed by atoms with Crippen molar-refractivity contribution in [1.82, 2.24) is 10.6 Å². The number of carbonyl (C=O) groups excluding carboxylic acids is 3. The minimum atomic E-state index is -1.09. The molecule has 2 amide bonds. The van der Waals surface area contributed by atoms with Gasteiger partial charge in [0.15, 0.2) is 23.0 Å². The van der Waals surface area contributed by atoms with Crippen LogP contribution in [0.1, 0.15) is 72.2 Å². The predicted octanol–water partition coefficient (Wildman–Crippen LogP) is 12.9. The molecule has 2 unspecified atom stereocenters. The van der Waals surface area contributed by atoms with Crippen molar-refractivity contribution in [2.75, 3.05) is 35.5 Å². The van der Waals surface area contributed by atoms with Crippen LogP contribution in [-0.4, -0.2) is 71.2 Å². The maximum absolute atomic E-state index is 13.5. The number of carbonyl (C=O) groups is 3. The SMILES string of the molecule is COC(=O)C(C)NC(=O)C(Cc1ccc(OCc2cc(OCc3ccc(OCc4ccc(OC)cc4)c(OCc4ccc(OC)cc4)c3)cc(OCc3ccc(OCc4ccc(OC)cc4)c(OCc4ccc(OC)cc4)c3)c2)cc1)NC(=O)OC(C)(C)C. The molecule has 0 bridgehead atoms. The van der Waals surface area contributed by atoms with Gasteiger partial charge in [0.05, 0.1) is 35.5 Å². The first kappa shape index (κ1) is 64.8. The van der Waals surface area contributed by atoms with Gasteiger partial charge in [-0.25, -0.2) is 9.59 Å². The summed E-state index contributed by atoms with van der Waals surface area (Å²) in [6.07, 6.45) is -0.713. The van der Waals surface area contributed by atoms with Gasteiger partial charge in [-0.2, -0.15) is 0 Å². The first-order valence-corrected chi connectivity index (χ1v) is 28.8. The average Bonchev–Trinajstić information content (AvgIpc) is 3.58. The van der Waals surface area contributed by atoms with E-state index in [-0.39, 0.29) is 39.5 Å². The van der Waals surface area contributed by atoms with Gasteiger partial charge in [-0.15, -0.1) is 0 Å². The second kappa shape index (κ2) is 32.0. The largest absolute Gasteiger partial charge is 0.497 e. The van der Waals surface area contributed by atoms with E-state index in [2.05, 4.69) is 10.6 Å². The lowest BCUT2D eigenvalue weighted by atomic mass is 10.0. The number of benzene rings is 8. The monoisotopic (exact) mass is 1210 g/mol. The van der Waals surface area contributed by atoms with Crippen LogP contribution in [-0.2, 0) is 71.7 Å². The third-order valence-corrected chi connectivity index (χ3v) is 13.7. The maximum Gasteiger partial charge on any atom is 0.408 e. The van der Waals surface area contributed by atoms with Crippen molar-refractivity contribution in [2.45, 2.75) is 98.0 Å². The highest BCUT2D eigenvalue weighted by molar-refractivity contribution is 5.89. The van der Waals surface area contributed by atoms with Gasteiger partial charge >= 0.3 is 12.1 Å². The molecule has 0 aliphatic rings. The molecule has 8 rings (SSSR count). The molecule has 0 spiro atoms. The minimum absolute atomic E-state index is 0.0742. The van der Waals surface area contributed by atoms with Crippen molar-refractivity contribution < 1.29 is 76.0 Å². The molecule has 0 heterocycles.